The van der Waals surface area contributed by atoms with Crippen molar-refractivity contribution >= 4 is 68.0 Å². The minimum atomic E-state index is -1.06. The van der Waals surface area contributed by atoms with Gasteiger partial charge in [0.2, 0.25) is 0 Å². The van der Waals surface area contributed by atoms with Crippen molar-refractivity contribution in [2.45, 2.75) is 0 Å². The van der Waals surface area contributed by atoms with Gasteiger partial charge in [-0.15, -0.1) is 62.0 Å². The Balaban J connectivity index is -0.0000000125. The molecule has 0 spiro atoms. The second-order valence-electron chi connectivity index (χ2n) is 0.705. The van der Waals surface area contributed by atoms with Crippen LogP contribution in [0.3, 0.4) is 0 Å². The lowest BCUT2D eigenvalue weighted by Gasteiger charge is -1.83. The van der Waals surface area contributed by atoms with E-state index in [0.717, 1.165) is 0 Å². The minimum absolute atomic E-state index is 0. The van der Waals surface area contributed by atoms with E-state index in [4.69, 9.17) is 5.11 Å². The molecule has 0 bridgehead atoms. The number of rotatable bonds is 2. The first-order valence-corrected chi connectivity index (χ1v) is 1.31. The molecule has 3 N–H and O–H groups in total. The number of aliphatic carboxylic acids is 1. The highest BCUT2D eigenvalue weighted by molar-refractivity contribution is 5.86. The lowest BCUT2D eigenvalue weighted by Crippen LogP contribution is -2.10. The molecule has 4 nitrogen and oxygen atoms in total. The molecule has 0 rings (SSSR count). The van der Waals surface area contributed by atoms with Crippen molar-refractivity contribution in [3.63, 3.8) is 0 Å². The highest BCUT2D eigenvalue weighted by Crippen LogP contribution is 1.57. The number of carboxylic acids is 1. The van der Waals surface area contributed by atoms with E-state index in [-0.39, 0.29) is 62.0 Å². The third-order valence-electron chi connectivity index (χ3n) is 0.207. The summed E-state index contributed by atoms with van der Waals surface area (Å²) >= 11 is 0. The second-order valence-corrected chi connectivity index (χ2v) is 0.705. The zero-order valence-corrected chi connectivity index (χ0v) is 9.17. The van der Waals surface area contributed by atoms with Crippen molar-refractivity contribution in [1.29, 1.82) is 0 Å². The Bertz CT molecular complexity index is 63.7. The second kappa shape index (κ2) is 30.8. The Morgan fingerprint density at radius 1 is 1.18 bits per heavy atom. The Kier molecular flexibility index (Phi) is 114. The maximum Gasteiger partial charge on any atom is 0.331 e. The molecule has 0 amide bonds. The Labute approximate surface area is 95.2 Å². The van der Waals surface area contributed by atoms with Crippen LogP contribution in [0.15, 0.2) is 0 Å². The first-order chi connectivity index (χ1) is 2.77. The van der Waals surface area contributed by atoms with E-state index in [2.05, 4.69) is 10.7 Å². The van der Waals surface area contributed by atoms with Gasteiger partial charge in [-0.2, -0.15) is 0 Å². The van der Waals surface area contributed by atoms with Crippen molar-refractivity contribution in [1.82, 2.24) is 0 Å². The van der Waals surface area contributed by atoms with E-state index in [1.54, 1.807) is 0 Å². The van der Waals surface area contributed by atoms with Gasteiger partial charge in [-0.05, 0) is 0 Å². The van der Waals surface area contributed by atoms with Crippen LogP contribution in [0.25, 0.3) is 0 Å². The summed E-state index contributed by atoms with van der Waals surface area (Å²) in [5.74, 6) is 3.29. The zero-order chi connectivity index (χ0) is 4.99. The Hall–Kier alpha value is 0.840. The number of carboxylic acid groups (broad SMARTS) is 1. The fraction of sp³-hybridized carbons (Fsp3) is 0.500. The van der Waals surface area contributed by atoms with Crippen LogP contribution in [0.1, 0.15) is 0 Å². The largest absolute Gasteiger partial charge is 0.479 e. The van der Waals surface area contributed by atoms with Crippen molar-refractivity contribution in [2.24, 2.45) is 5.90 Å². The summed E-state index contributed by atoms with van der Waals surface area (Å²) in [6.07, 6.45) is 0. The van der Waals surface area contributed by atoms with Gasteiger partial charge in [-0.3, -0.25) is 4.84 Å². The van der Waals surface area contributed by atoms with Gasteiger partial charge >= 0.3 is 5.97 Å². The van der Waals surface area contributed by atoms with Gasteiger partial charge in [-0.1, -0.05) is 0 Å². The first-order valence-electron chi connectivity index (χ1n) is 1.31. The van der Waals surface area contributed by atoms with Crippen LogP contribution >= 0.6 is 62.0 Å². The zero-order valence-electron chi connectivity index (χ0n) is 5.09. The van der Waals surface area contributed by atoms with E-state index in [0.29, 0.717) is 0 Å². The van der Waals surface area contributed by atoms with Gasteiger partial charge in [0.1, 0.15) is 0 Å². The third kappa shape index (κ3) is 57.4. The Morgan fingerprint density at radius 2 is 1.45 bits per heavy atom. The van der Waals surface area contributed by atoms with Gasteiger partial charge in [0, 0.05) is 0 Å². The highest BCUT2D eigenvalue weighted by atomic mass is 35.5. The molecule has 9 heteroatoms. The molecule has 0 radical (unpaired) electrons. The molecule has 11 heavy (non-hydrogen) atoms. The van der Waals surface area contributed by atoms with E-state index in [1.165, 1.54) is 0 Å². The number of nitrogens with two attached hydrogens (primary N) is 1. The summed E-state index contributed by atoms with van der Waals surface area (Å²) in [6, 6.07) is 0. The van der Waals surface area contributed by atoms with Gasteiger partial charge in [0.05, 0.1) is 0 Å². The van der Waals surface area contributed by atoms with Gasteiger partial charge in [0.25, 0.3) is 0 Å². The van der Waals surface area contributed by atoms with Crippen LogP contribution in [0, 0.1) is 0 Å². The molecule has 0 saturated carbocycles. The van der Waals surface area contributed by atoms with E-state index < -0.39 is 12.6 Å². The predicted octanol–water partition coefficient (Wildman–Crippen LogP) is 1.07. The summed E-state index contributed by atoms with van der Waals surface area (Å²) in [4.78, 5) is 13.1. The minimum Gasteiger partial charge on any atom is -0.479 e. The number of hydrogen-bond donors (Lipinski definition) is 2. The molecule has 76 valence electrons. The maximum atomic E-state index is 9.39. The monoisotopic (exact) mass is 271 g/mol. The SMILES string of the molecule is Cl.Cl.Cl.Cl.Cl.NOCC(=O)O. The Morgan fingerprint density at radius 3 is 1.45 bits per heavy atom. The number of halogens is 5. The van der Waals surface area contributed by atoms with Gasteiger partial charge in [-0.25, -0.2) is 10.7 Å². The smallest absolute Gasteiger partial charge is 0.331 e. The number of carbonyl (C=O) groups is 1. The lowest BCUT2D eigenvalue weighted by molar-refractivity contribution is -0.142. The fourth-order valence-corrected chi connectivity index (χ4v) is 0.0713. The van der Waals surface area contributed by atoms with Crippen LogP contribution in [0.2, 0.25) is 0 Å². The highest BCUT2D eigenvalue weighted by Gasteiger charge is 1.88. The van der Waals surface area contributed by atoms with Crippen LogP contribution < -0.4 is 5.90 Å². The standard InChI is InChI=1S/C2H5NO3.5ClH/c3-6-1-2(4)5;;;;;/h1,3H2,(H,4,5);5*1H. The molecular formula is C2H10Cl5NO3. The average Bonchev–Trinajstić information content (AvgIpc) is 1.35. The summed E-state index contributed by atoms with van der Waals surface area (Å²) in [5, 5.41) is 7.71. The summed E-state index contributed by atoms with van der Waals surface area (Å²) < 4.78 is 0. The van der Waals surface area contributed by atoms with E-state index in [9.17, 15) is 4.79 Å². The molecule has 0 heterocycles. The average molecular weight is 273 g/mol. The van der Waals surface area contributed by atoms with Crippen molar-refractivity contribution < 1.29 is 14.7 Å². The number of hydrogen-bond acceptors (Lipinski definition) is 3. The molecular weight excluding hydrogens is 263 g/mol. The first kappa shape index (κ1) is 40.8. The van der Waals surface area contributed by atoms with Gasteiger partial charge in [0.15, 0.2) is 6.61 Å². The van der Waals surface area contributed by atoms with Crippen LogP contribution in [-0.4, -0.2) is 17.7 Å². The van der Waals surface area contributed by atoms with Crippen LogP contribution in [0.5, 0.6) is 0 Å². The fourth-order valence-electron chi connectivity index (χ4n) is 0.0713. The molecule has 0 saturated heterocycles. The maximum absolute atomic E-state index is 9.39. The van der Waals surface area contributed by atoms with E-state index in [1.807, 2.05) is 0 Å². The van der Waals surface area contributed by atoms with Crippen molar-refractivity contribution in [2.75, 3.05) is 6.61 Å². The summed E-state index contributed by atoms with van der Waals surface area (Å²) in [6.45, 7) is -0.431. The summed E-state index contributed by atoms with van der Waals surface area (Å²) in [7, 11) is 0. The predicted molar refractivity (Wildman–Crippen MR) is 54.0 cm³/mol. The molecule has 0 aliphatic carbocycles. The van der Waals surface area contributed by atoms with Crippen LogP contribution in [0.4, 0.5) is 0 Å². The van der Waals surface area contributed by atoms with Gasteiger partial charge < -0.3 is 5.11 Å². The molecule has 0 unspecified atom stereocenters. The normalized spacial score (nSPS) is 4.45. The molecule has 0 fully saturated rings. The lowest BCUT2D eigenvalue weighted by atomic mass is 10.8. The quantitative estimate of drug-likeness (QED) is 0.738. The molecule has 0 aliphatic rings. The molecule has 0 aromatic heterocycles. The molecule has 0 atom stereocenters. The molecule has 0 aromatic carbocycles. The summed E-state index contributed by atoms with van der Waals surface area (Å²) in [5.41, 5.74) is 0. The third-order valence-corrected chi connectivity index (χ3v) is 0.207. The van der Waals surface area contributed by atoms with Crippen LogP contribution in [-0.2, 0) is 9.63 Å². The van der Waals surface area contributed by atoms with Crippen molar-refractivity contribution in [3.05, 3.63) is 0 Å². The molecule has 0 aliphatic heterocycles. The topological polar surface area (TPSA) is 72.5 Å². The van der Waals surface area contributed by atoms with E-state index >= 15 is 0 Å². The molecule has 0 aromatic rings. The van der Waals surface area contributed by atoms with Crippen molar-refractivity contribution in [3.8, 4) is 0 Å².